The van der Waals surface area contributed by atoms with Crippen LogP contribution in [-0.2, 0) is 9.53 Å². The van der Waals surface area contributed by atoms with Crippen molar-refractivity contribution in [3.05, 3.63) is 119 Å². The van der Waals surface area contributed by atoms with Crippen LogP contribution in [0, 0.1) is 0 Å². The summed E-state index contributed by atoms with van der Waals surface area (Å²) in [6.07, 6.45) is 1.74. The highest BCUT2D eigenvalue weighted by atomic mass is 79.9. The molecule has 1 aromatic heterocycles. The first-order valence-corrected chi connectivity index (χ1v) is 13.4. The van der Waals surface area contributed by atoms with Gasteiger partial charge in [0.25, 0.3) is 5.56 Å². The number of methoxy groups -OCH3 is 1. The fourth-order valence-corrected chi connectivity index (χ4v) is 5.73. The van der Waals surface area contributed by atoms with Crippen molar-refractivity contribution in [2.75, 3.05) is 13.7 Å². The molecule has 3 aromatic carbocycles. The Hall–Kier alpha value is -3.95. The molecular formula is C29H23BrN2O5S. The summed E-state index contributed by atoms with van der Waals surface area (Å²) in [5, 5.41) is 9.86. The lowest BCUT2D eigenvalue weighted by Crippen LogP contribution is -2.40. The Morgan fingerprint density at radius 3 is 2.63 bits per heavy atom. The van der Waals surface area contributed by atoms with E-state index in [-0.39, 0.29) is 23.5 Å². The summed E-state index contributed by atoms with van der Waals surface area (Å²) in [6, 6.07) is 20.9. The van der Waals surface area contributed by atoms with Gasteiger partial charge >= 0.3 is 5.97 Å². The number of fused-ring (bicyclic) bond motifs is 1. The molecule has 1 aliphatic heterocycles. The molecule has 4 aromatic rings. The molecule has 0 spiro atoms. The Kier molecular flexibility index (Phi) is 7.31. The van der Waals surface area contributed by atoms with Gasteiger partial charge in [-0.15, -0.1) is 0 Å². The average Bonchev–Trinajstić information content (AvgIpc) is 3.24. The molecule has 0 aliphatic carbocycles. The summed E-state index contributed by atoms with van der Waals surface area (Å²) in [7, 11) is 1.57. The smallest absolute Gasteiger partial charge is 0.338 e. The molecule has 2 heterocycles. The predicted octanol–water partition coefficient (Wildman–Crippen LogP) is 4.41. The van der Waals surface area contributed by atoms with Crippen LogP contribution >= 0.6 is 27.3 Å². The molecule has 1 atom stereocenters. The van der Waals surface area contributed by atoms with Gasteiger partial charge in [0.2, 0.25) is 0 Å². The summed E-state index contributed by atoms with van der Waals surface area (Å²) in [5.74, 6) is 0.160. The number of carbonyl (C=O) groups is 1. The SMILES string of the molecule is CCOC(=O)C1=C(c2ccccc2)N=c2s/c(=C\c3ccc(O)c(Br)c3)c(=O)n2[C@@H]1c1cccc(OC)c1. The fraction of sp³-hybridized carbons (Fsp3) is 0.138. The topological polar surface area (TPSA) is 90.1 Å². The quantitative estimate of drug-likeness (QED) is 0.336. The Morgan fingerprint density at radius 1 is 1.13 bits per heavy atom. The molecule has 0 amide bonds. The number of aromatic hydroxyl groups is 1. The zero-order valence-electron chi connectivity index (χ0n) is 20.6. The van der Waals surface area contributed by atoms with Crippen molar-refractivity contribution in [3.63, 3.8) is 0 Å². The molecular weight excluding hydrogens is 568 g/mol. The second kappa shape index (κ2) is 10.8. The maximum atomic E-state index is 13.9. The van der Waals surface area contributed by atoms with E-state index in [0.29, 0.717) is 30.8 Å². The number of carbonyl (C=O) groups excluding carboxylic acids is 1. The first kappa shape index (κ1) is 25.7. The first-order chi connectivity index (χ1) is 18.4. The van der Waals surface area contributed by atoms with Gasteiger partial charge in [-0.3, -0.25) is 9.36 Å². The van der Waals surface area contributed by atoms with Crippen LogP contribution in [0.5, 0.6) is 11.5 Å². The largest absolute Gasteiger partial charge is 0.507 e. The van der Waals surface area contributed by atoms with Gasteiger partial charge in [-0.1, -0.05) is 59.9 Å². The number of phenolic OH excluding ortho intramolecular Hbond substituents is 1. The number of nitrogens with zero attached hydrogens (tertiary/aromatic N) is 2. The number of aromatic nitrogens is 1. The number of hydrogen-bond donors (Lipinski definition) is 1. The van der Waals surface area contributed by atoms with E-state index in [1.54, 1.807) is 42.9 Å². The maximum Gasteiger partial charge on any atom is 0.338 e. The standard InChI is InChI=1S/C29H23BrN2O5S/c1-3-37-28(35)24-25(18-8-5-4-6-9-18)31-29-32(26(24)19-10-7-11-20(16-19)36-2)27(34)23(38-29)15-17-12-13-22(33)21(30)14-17/h4-16,26,33H,3H2,1-2H3/b23-15-/t26-/m1/s1. The predicted molar refractivity (Wildman–Crippen MR) is 150 cm³/mol. The highest BCUT2D eigenvalue weighted by Crippen LogP contribution is 2.36. The normalized spacial score (nSPS) is 15.1. The molecule has 192 valence electrons. The maximum absolute atomic E-state index is 13.9. The van der Waals surface area contributed by atoms with E-state index in [1.807, 2.05) is 54.6 Å². The number of halogens is 1. The number of rotatable bonds is 6. The van der Waals surface area contributed by atoms with Crippen LogP contribution in [0.1, 0.15) is 29.7 Å². The molecule has 7 nitrogen and oxygen atoms in total. The molecule has 9 heteroatoms. The van der Waals surface area contributed by atoms with E-state index in [1.165, 1.54) is 11.3 Å². The summed E-state index contributed by atoms with van der Waals surface area (Å²) >= 11 is 4.56. The van der Waals surface area contributed by atoms with Gasteiger partial charge in [0, 0.05) is 5.56 Å². The Morgan fingerprint density at radius 2 is 1.92 bits per heavy atom. The Balaban J connectivity index is 1.83. The molecule has 0 saturated carbocycles. The molecule has 38 heavy (non-hydrogen) atoms. The Labute approximate surface area is 230 Å². The molecule has 0 saturated heterocycles. The highest BCUT2D eigenvalue weighted by molar-refractivity contribution is 9.10. The van der Waals surface area contributed by atoms with Crippen LogP contribution < -0.4 is 19.6 Å². The molecule has 0 unspecified atom stereocenters. The summed E-state index contributed by atoms with van der Waals surface area (Å²) in [5.41, 5.74) is 2.60. The number of thiazole rings is 1. The van der Waals surface area contributed by atoms with Crippen molar-refractivity contribution in [1.82, 2.24) is 4.57 Å². The van der Waals surface area contributed by atoms with Gasteiger partial charge in [-0.2, -0.15) is 0 Å². The van der Waals surface area contributed by atoms with Gasteiger partial charge in [-0.05, 0) is 64.3 Å². The monoisotopic (exact) mass is 590 g/mol. The van der Waals surface area contributed by atoms with Crippen molar-refractivity contribution in [2.45, 2.75) is 13.0 Å². The highest BCUT2D eigenvalue weighted by Gasteiger charge is 2.35. The second-order valence-electron chi connectivity index (χ2n) is 8.42. The number of ether oxygens (including phenoxy) is 2. The zero-order valence-corrected chi connectivity index (χ0v) is 23.0. The average molecular weight is 591 g/mol. The summed E-state index contributed by atoms with van der Waals surface area (Å²) in [6.45, 7) is 1.92. The van der Waals surface area contributed by atoms with E-state index in [4.69, 9.17) is 14.5 Å². The van der Waals surface area contributed by atoms with Gasteiger partial charge in [-0.25, -0.2) is 9.79 Å². The van der Waals surface area contributed by atoms with Crippen molar-refractivity contribution >= 4 is 45.0 Å². The number of hydrogen-bond acceptors (Lipinski definition) is 7. The van der Waals surface area contributed by atoms with E-state index in [9.17, 15) is 14.7 Å². The number of esters is 1. The minimum Gasteiger partial charge on any atom is -0.507 e. The molecule has 5 rings (SSSR count). The first-order valence-electron chi connectivity index (χ1n) is 11.8. The summed E-state index contributed by atoms with van der Waals surface area (Å²) in [4.78, 5) is 32.7. The lowest BCUT2D eigenvalue weighted by atomic mass is 9.93. The van der Waals surface area contributed by atoms with Crippen LogP contribution in [0.25, 0.3) is 11.8 Å². The van der Waals surface area contributed by atoms with Gasteiger partial charge in [0.05, 0.1) is 40.0 Å². The van der Waals surface area contributed by atoms with E-state index in [0.717, 1.165) is 11.1 Å². The van der Waals surface area contributed by atoms with Crippen LogP contribution in [-0.4, -0.2) is 29.4 Å². The number of benzene rings is 3. The van der Waals surface area contributed by atoms with Gasteiger partial charge in [0.1, 0.15) is 11.5 Å². The fourth-order valence-electron chi connectivity index (χ4n) is 4.33. The number of phenols is 1. The van der Waals surface area contributed by atoms with Crippen LogP contribution in [0.3, 0.4) is 0 Å². The van der Waals surface area contributed by atoms with Gasteiger partial charge < -0.3 is 14.6 Å². The zero-order chi connectivity index (χ0) is 26.8. The Bertz CT molecular complexity index is 1740. The molecule has 0 bridgehead atoms. The minimum atomic E-state index is -0.788. The van der Waals surface area contributed by atoms with Crippen LogP contribution in [0.4, 0.5) is 0 Å². The molecule has 0 radical (unpaired) electrons. The van der Waals surface area contributed by atoms with E-state index in [2.05, 4.69) is 15.9 Å². The molecule has 1 aliphatic rings. The molecule has 0 fully saturated rings. The third-order valence-electron chi connectivity index (χ3n) is 6.05. The minimum absolute atomic E-state index is 0.105. The lowest BCUT2D eigenvalue weighted by Gasteiger charge is -2.26. The summed E-state index contributed by atoms with van der Waals surface area (Å²) < 4.78 is 13.4. The van der Waals surface area contributed by atoms with E-state index < -0.39 is 12.0 Å². The second-order valence-corrected chi connectivity index (χ2v) is 10.3. The van der Waals surface area contributed by atoms with Gasteiger partial charge in [0.15, 0.2) is 4.80 Å². The van der Waals surface area contributed by atoms with Crippen molar-refractivity contribution < 1.29 is 19.4 Å². The van der Waals surface area contributed by atoms with E-state index >= 15 is 0 Å². The molecule has 1 N–H and O–H groups in total. The van der Waals surface area contributed by atoms with Crippen LogP contribution in [0.15, 0.2) is 92.6 Å². The van der Waals surface area contributed by atoms with Crippen molar-refractivity contribution in [2.24, 2.45) is 4.99 Å². The third-order valence-corrected chi connectivity index (χ3v) is 7.67. The lowest BCUT2D eigenvalue weighted by molar-refractivity contribution is -0.138. The van der Waals surface area contributed by atoms with Crippen LogP contribution in [0.2, 0.25) is 0 Å². The third kappa shape index (κ3) is 4.82. The van der Waals surface area contributed by atoms with Crippen molar-refractivity contribution in [1.29, 1.82) is 0 Å². The van der Waals surface area contributed by atoms with Crippen molar-refractivity contribution in [3.8, 4) is 11.5 Å².